The molecule has 0 N–H and O–H groups in total. The zero-order chi connectivity index (χ0) is 19.1. The summed E-state index contributed by atoms with van der Waals surface area (Å²) in [7, 11) is 0. The van der Waals surface area contributed by atoms with Gasteiger partial charge in [0.25, 0.3) is 0 Å². The molecule has 0 spiro atoms. The molecule has 140 valence electrons. The lowest BCUT2D eigenvalue weighted by Crippen LogP contribution is -2.46. The van der Waals surface area contributed by atoms with Gasteiger partial charge >= 0.3 is 0 Å². The number of hydrogen-bond donors (Lipinski definition) is 0. The van der Waals surface area contributed by atoms with E-state index < -0.39 is 5.82 Å². The first kappa shape index (κ1) is 17.8. The van der Waals surface area contributed by atoms with Gasteiger partial charge in [0.2, 0.25) is 5.58 Å². The number of halogens is 2. The topological polar surface area (TPSA) is 81.4 Å². The Morgan fingerprint density at radius 3 is 2.70 bits per heavy atom. The lowest BCUT2D eigenvalue weighted by Gasteiger charge is -2.37. The van der Waals surface area contributed by atoms with Gasteiger partial charge in [0.15, 0.2) is 12.1 Å². The highest BCUT2D eigenvalue weighted by molar-refractivity contribution is 6.29. The molecule has 0 saturated carbocycles. The molecule has 3 heterocycles. The Morgan fingerprint density at radius 1 is 1.30 bits per heavy atom. The van der Waals surface area contributed by atoms with Crippen molar-refractivity contribution >= 4 is 34.5 Å². The van der Waals surface area contributed by atoms with Crippen LogP contribution in [0, 0.1) is 5.82 Å². The molecule has 27 heavy (non-hydrogen) atoms. The van der Waals surface area contributed by atoms with Crippen molar-refractivity contribution in [3.8, 4) is 11.4 Å². The van der Waals surface area contributed by atoms with E-state index >= 15 is 4.39 Å². The molecule has 9 heteroatoms. The molecule has 1 saturated heterocycles. The highest BCUT2D eigenvalue weighted by atomic mass is 35.5. The van der Waals surface area contributed by atoms with Crippen molar-refractivity contribution < 1.29 is 18.4 Å². The smallest absolute Gasteiger partial charge is 0.205 e. The number of carbonyl (C=O) groups is 1. The SMILES string of the molecule is C[C@@H]1CN(c2c(C=O)cc3c(-c4cncc(Cl)n4)noc3c2F)C[C@H](C)O1. The molecule has 7 nitrogen and oxygen atoms in total. The molecule has 1 aliphatic heterocycles. The van der Waals surface area contributed by atoms with E-state index in [9.17, 15) is 4.79 Å². The predicted molar refractivity (Wildman–Crippen MR) is 97.6 cm³/mol. The zero-order valence-electron chi connectivity index (χ0n) is 14.6. The number of morpholine rings is 1. The van der Waals surface area contributed by atoms with Crippen molar-refractivity contribution in [3.05, 3.63) is 35.0 Å². The minimum Gasteiger partial charge on any atom is -0.372 e. The Bertz CT molecular complexity index is 1020. The van der Waals surface area contributed by atoms with E-state index in [0.29, 0.717) is 30.5 Å². The molecule has 1 aliphatic rings. The van der Waals surface area contributed by atoms with Gasteiger partial charge in [0, 0.05) is 18.7 Å². The summed E-state index contributed by atoms with van der Waals surface area (Å²) in [5.74, 6) is -0.635. The van der Waals surface area contributed by atoms with Crippen LogP contribution in [0.25, 0.3) is 22.4 Å². The average molecular weight is 391 g/mol. The summed E-state index contributed by atoms with van der Waals surface area (Å²) in [6.07, 6.45) is 3.28. The molecule has 2 atom stereocenters. The van der Waals surface area contributed by atoms with Crippen molar-refractivity contribution in [3.63, 3.8) is 0 Å². The minimum absolute atomic E-state index is 0.0424. The zero-order valence-corrected chi connectivity index (χ0v) is 15.4. The third-order valence-corrected chi connectivity index (χ3v) is 4.60. The van der Waals surface area contributed by atoms with Crippen LogP contribution in [0.15, 0.2) is 23.0 Å². The van der Waals surface area contributed by atoms with E-state index in [-0.39, 0.29) is 39.9 Å². The van der Waals surface area contributed by atoms with Crippen molar-refractivity contribution in [1.82, 2.24) is 15.1 Å². The summed E-state index contributed by atoms with van der Waals surface area (Å²) in [5.41, 5.74) is 0.968. The van der Waals surface area contributed by atoms with E-state index in [2.05, 4.69) is 15.1 Å². The number of benzene rings is 1. The van der Waals surface area contributed by atoms with Crippen LogP contribution in [-0.4, -0.2) is 46.7 Å². The molecule has 0 bridgehead atoms. The number of ether oxygens (including phenoxy) is 1. The van der Waals surface area contributed by atoms with E-state index in [1.807, 2.05) is 13.8 Å². The molecule has 0 unspecified atom stereocenters. The molecule has 1 fully saturated rings. The number of rotatable bonds is 3. The second kappa shape index (κ2) is 6.86. The monoisotopic (exact) mass is 390 g/mol. The van der Waals surface area contributed by atoms with E-state index in [0.717, 1.165) is 0 Å². The fourth-order valence-electron chi connectivity index (χ4n) is 3.46. The summed E-state index contributed by atoms with van der Waals surface area (Å²) in [6, 6.07) is 1.56. The first-order valence-corrected chi connectivity index (χ1v) is 8.81. The lowest BCUT2D eigenvalue weighted by molar-refractivity contribution is -0.00543. The van der Waals surface area contributed by atoms with E-state index in [1.54, 1.807) is 11.0 Å². The number of hydrogen-bond acceptors (Lipinski definition) is 7. The number of anilines is 1. The molecule has 0 amide bonds. The number of aromatic nitrogens is 3. The van der Waals surface area contributed by atoms with Crippen LogP contribution < -0.4 is 4.90 Å². The van der Waals surface area contributed by atoms with Crippen LogP contribution in [0.2, 0.25) is 5.15 Å². The highest BCUT2D eigenvalue weighted by Gasteiger charge is 2.29. The third kappa shape index (κ3) is 3.15. The normalized spacial score (nSPS) is 20.2. The first-order valence-electron chi connectivity index (χ1n) is 8.43. The van der Waals surface area contributed by atoms with E-state index in [4.69, 9.17) is 20.9 Å². The summed E-state index contributed by atoms with van der Waals surface area (Å²) in [4.78, 5) is 21.6. The first-order chi connectivity index (χ1) is 13.0. The Balaban J connectivity index is 1.88. The van der Waals surface area contributed by atoms with E-state index in [1.165, 1.54) is 12.4 Å². The van der Waals surface area contributed by atoms with Crippen LogP contribution in [0.5, 0.6) is 0 Å². The Kier molecular flexibility index (Phi) is 4.53. The molecule has 0 aliphatic carbocycles. The van der Waals surface area contributed by atoms with Crippen LogP contribution in [0.4, 0.5) is 10.1 Å². The van der Waals surface area contributed by atoms with Gasteiger partial charge in [-0.1, -0.05) is 16.8 Å². The van der Waals surface area contributed by atoms with Gasteiger partial charge in [-0.15, -0.1) is 0 Å². The molecule has 0 radical (unpaired) electrons. The summed E-state index contributed by atoms with van der Waals surface area (Å²) >= 11 is 5.88. The fraction of sp³-hybridized carbons (Fsp3) is 0.333. The van der Waals surface area contributed by atoms with Gasteiger partial charge in [-0.25, -0.2) is 9.37 Å². The highest BCUT2D eigenvalue weighted by Crippen LogP contribution is 2.36. The number of aldehydes is 1. The maximum atomic E-state index is 15.3. The second-order valence-electron chi connectivity index (χ2n) is 6.54. The van der Waals surface area contributed by atoms with Gasteiger partial charge in [-0.2, -0.15) is 0 Å². The average Bonchev–Trinajstić information content (AvgIpc) is 3.05. The van der Waals surface area contributed by atoms with Crippen molar-refractivity contribution in [2.45, 2.75) is 26.1 Å². The quantitative estimate of drug-likeness (QED) is 0.633. The lowest BCUT2D eigenvalue weighted by atomic mass is 10.0. The van der Waals surface area contributed by atoms with Gasteiger partial charge in [-0.3, -0.25) is 9.78 Å². The summed E-state index contributed by atoms with van der Waals surface area (Å²) < 4.78 is 26.3. The van der Waals surface area contributed by atoms with Crippen LogP contribution in [-0.2, 0) is 4.74 Å². The summed E-state index contributed by atoms with van der Waals surface area (Å²) in [5, 5.41) is 4.43. The summed E-state index contributed by atoms with van der Waals surface area (Å²) in [6.45, 7) is 4.75. The Labute approximate surface area is 159 Å². The van der Waals surface area contributed by atoms with Gasteiger partial charge in [-0.05, 0) is 19.9 Å². The predicted octanol–water partition coefficient (Wildman–Crippen LogP) is 3.50. The van der Waals surface area contributed by atoms with Crippen molar-refractivity contribution in [2.75, 3.05) is 18.0 Å². The fourth-order valence-corrected chi connectivity index (χ4v) is 3.61. The largest absolute Gasteiger partial charge is 0.372 e. The Hall–Kier alpha value is -2.58. The molecule has 3 aromatic rings. The minimum atomic E-state index is -0.635. The maximum absolute atomic E-state index is 15.3. The van der Waals surface area contributed by atoms with Gasteiger partial charge < -0.3 is 14.2 Å². The van der Waals surface area contributed by atoms with Crippen LogP contribution in [0.3, 0.4) is 0 Å². The van der Waals surface area contributed by atoms with Crippen molar-refractivity contribution in [2.24, 2.45) is 0 Å². The molecular weight excluding hydrogens is 375 g/mol. The van der Waals surface area contributed by atoms with Crippen LogP contribution in [0.1, 0.15) is 24.2 Å². The second-order valence-corrected chi connectivity index (χ2v) is 6.93. The standard InChI is InChI=1S/C18H16ClFN4O3/c1-9-6-24(7-10(2)26-9)17-11(8-25)3-12-16(23-27-18(12)15(17)20)13-4-21-5-14(19)22-13/h3-5,8-10H,6-7H2,1-2H3/t9-,10+. The number of carbonyl (C=O) groups excluding carboxylic acids is 1. The molecule has 2 aromatic heterocycles. The van der Waals surface area contributed by atoms with Gasteiger partial charge in [0.05, 0.1) is 35.7 Å². The van der Waals surface area contributed by atoms with Crippen molar-refractivity contribution in [1.29, 1.82) is 0 Å². The number of fused-ring (bicyclic) bond motifs is 1. The van der Waals surface area contributed by atoms with Gasteiger partial charge in [0.1, 0.15) is 16.5 Å². The van der Waals surface area contributed by atoms with Crippen LogP contribution >= 0.6 is 11.6 Å². The molecular formula is C18H16ClFN4O3. The molecule has 4 rings (SSSR count). The third-order valence-electron chi connectivity index (χ3n) is 4.42. The maximum Gasteiger partial charge on any atom is 0.205 e. The number of nitrogens with zero attached hydrogens (tertiary/aromatic N) is 4. The molecule has 1 aromatic carbocycles. The Morgan fingerprint density at radius 2 is 2.04 bits per heavy atom.